The van der Waals surface area contributed by atoms with Gasteiger partial charge in [-0.3, -0.25) is 19.8 Å². The number of methoxy groups -OCH3 is 1. The molecular weight excluding hydrogens is 408 g/mol. The number of amides is 1. The molecule has 4 rings (SSSR count). The molecule has 32 heavy (non-hydrogen) atoms. The number of hydrogen-bond donors (Lipinski definition) is 0. The van der Waals surface area contributed by atoms with E-state index in [4.69, 9.17) is 4.74 Å². The van der Waals surface area contributed by atoms with E-state index in [0.717, 1.165) is 57.7 Å². The first kappa shape index (κ1) is 22.1. The van der Waals surface area contributed by atoms with Gasteiger partial charge in [0, 0.05) is 57.4 Å². The number of ether oxygens (including phenoxy) is 1. The van der Waals surface area contributed by atoms with Crippen molar-refractivity contribution in [3.05, 3.63) is 63.7 Å². The maximum atomic E-state index is 13.2. The zero-order chi connectivity index (χ0) is 22.5. The van der Waals surface area contributed by atoms with Crippen LogP contribution in [0, 0.1) is 10.1 Å². The molecule has 2 aliphatic rings. The third kappa shape index (κ3) is 5.02. The zero-order valence-corrected chi connectivity index (χ0v) is 18.5. The van der Waals surface area contributed by atoms with Crippen molar-refractivity contribution in [1.29, 1.82) is 0 Å². The van der Waals surface area contributed by atoms with Gasteiger partial charge in [-0.25, -0.2) is 0 Å². The summed E-state index contributed by atoms with van der Waals surface area (Å²) in [6.45, 7) is 5.41. The molecule has 0 aromatic heterocycles. The molecule has 0 N–H and O–H groups in total. The van der Waals surface area contributed by atoms with E-state index in [1.807, 2.05) is 21.9 Å². The Labute approximate surface area is 188 Å². The summed E-state index contributed by atoms with van der Waals surface area (Å²) in [5.41, 5.74) is 2.24. The Bertz CT molecular complexity index is 957. The summed E-state index contributed by atoms with van der Waals surface area (Å²) in [6, 6.07) is 13.0. The summed E-state index contributed by atoms with van der Waals surface area (Å²) in [4.78, 5) is 30.7. The Hall–Kier alpha value is -3.13. The summed E-state index contributed by atoms with van der Waals surface area (Å²) >= 11 is 0. The second-order valence-corrected chi connectivity index (χ2v) is 8.42. The average Bonchev–Trinajstić information content (AvgIpc) is 3.25. The molecule has 0 atom stereocenters. The lowest BCUT2D eigenvalue weighted by atomic mass is 10.1. The van der Waals surface area contributed by atoms with Crippen LogP contribution in [-0.4, -0.2) is 67.0 Å². The highest BCUT2D eigenvalue weighted by Crippen LogP contribution is 2.32. The van der Waals surface area contributed by atoms with Crippen molar-refractivity contribution < 1.29 is 14.5 Å². The highest BCUT2D eigenvalue weighted by atomic mass is 16.6. The molecule has 2 aromatic rings. The van der Waals surface area contributed by atoms with Crippen molar-refractivity contribution in [2.45, 2.75) is 25.8 Å². The Kier molecular flexibility index (Phi) is 6.90. The van der Waals surface area contributed by atoms with Gasteiger partial charge in [0.1, 0.15) is 11.4 Å². The second kappa shape index (κ2) is 9.99. The minimum Gasteiger partial charge on any atom is -0.497 e. The lowest BCUT2D eigenvalue weighted by Gasteiger charge is -2.23. The Balaban J connectivity index is 1.42. The second-order valence-electron chi connectivity index (χ2n) is 8.42. The van der Waals surface area contributed by atoms with Gasteiger partial charge in [-0.15, -0.1) is 0 Å². The van der Waals surface area contributed by atoms with Gasteiger partial charge in [0.2, 0.25) is 0 Å². The number of benzene rings is 2. The minimum atomic E-state index is -0.372. The van der Waals surface area contributed by atoms with E-state index in [1.165, 1.54) is 11.6 Å². The molecule has 0 saturated carbocycles. The summed E-state index contributed by atoms with van der Waals surface area (Å²) in [5, 5.41) is 11.7. The molecule has 0 radical (unpaired) electrons. The fraction of sp³-hybridized carbons (Fsp3) is 0.458. The molecule has 2 aliphatic heterocycles. The van der Waals surface area contributed by atoms with Gasteiger partial charge in [-0.05, 0) is 49.1 Å². The van der Waals surface area contributed by atoms with Crippen molar-refractivity contribution in [1.82, 2.24) is 9.80 Å². The van der Waals surface area contributed by atoms with Crippen LogP contribution in [0.4, 0.5) is 11.4 Å². The van der Waals surface area contributed by atoms with Gasteiger partial charge in [-0.1, -0.05) is 12.1 Å². The van der Waals surface area contributed by atoms with Crippen molar-refractivity contribution in [2.24, 2.45) is 0 Å². The van der Waals surface area contributed by atoms with E-state index in [9.17, 15) is 14.9 Å². The largest absolute Gasteiger partial charge is 0.497 e. The predicted octanol–water partition coefficient (Wildman–Crippen LogP) is 3.55. The summed E-state index contributed by atoms with van der Waals surface area (Å²) < 4.78 is 5.22. The van der Waals surface area contributed by atoms with Crippen molar-refractivity contribution in [3.8, 4) is 5.75 Å². The van der Waals surface area contributed by atoms with Crippen LogP contribution in [0.5, 0.6) is 5.75 Å². The minimum absolute atomic E-state index is 0.0219. The highest BCUT2D eigenvalue weighted by Gasteiger charge is 2.26. The van der Waals surface area contributed by atoms with Crippen LogP contribution >= 0.6 is 0 Å². The highest BCUT2D eigenvalue weighted by molar-refractivity contribution is 5.95. The predicted molar refractivity (Wildman–Crippen MR) is 123 cm³/mol. The Morgan fingerprint density at radius 1 is 0.969 bits per heavy atom. The standard InChI is InChI=1S/C24H30N4O4/c1-32-21-8-5-19(6-9-21)18-25-11-4-14-27(16-15-25)24(29)20-7-10-22(23(17-20)28(30)31)26-12-2-3-13-26/h5-10,17H,2-4,11-16,18H2,1H3. The molecule has 8 heteroatoms. The molecule has 170 valence electrons. The lowest BCUT2D eigenvalue weighted by molar-refractivity contribution is -0.384. The number of carbonyl (C=O) groups is 1. The monoisotopic (exact) mass is 438 g/mol. The molecule has 2 saturated heterocycles. The Morgan fingerprint density at radius 3 is 2.41 bits per heavy atom. The number of anilines is 1. The van der Waals surface area contributed by atoms with Gasteiger partial charge in [0.05, 0.1) is 12.0 Å². The lowest BCUT2D eigenvalue weighted by Crippen LogP contribution is -2.35. The molecule has 0 bridgehead atoms. The van der Waals surface area contributed by atoms with Crippen LogP contribution in [0.25, 0.3) is 0 Å². The topological polar surface area (TPSA) is 79.2 Å². The third-order valence-electron chi connectivity index (χ3n) is 6.31. The number of nitrogens with zero attached hydrogens (tertiary/aromatic N) is 4. The van der Waals surface area contributed by atoms with Crippen molar-refractivity contribution >= 4 is 17.3 Å². The molecule has 8 nitrogen and oxygen atoms in total. The van der Waals surface area contributed by atoms with E-state index in [2.05, 4.69) is 17.0 Å². The SMILES string of the molecule is COc1ccc(CN2CCCN(C(=O)c3ccc(N4CCCC4)c([N+](=O)[O-])c3)CC2)cc1. The first-order chi connectivity index (χ1) is 15.5. The quantitative estimate of drug-likeness (QED) is 0.507. The van der Waals surface area contributed by atoms with Crippen LogP contribution in [-0.2, 0) is 6.54 Å². The maximum Gasteiger partial charge on any atom is 0.293 e. The fourth-order valence-corrected chi connectivity index (χ4v) is 4.53. The number of nitro benzene ring substituents is 1. The number of nitro groups is 1. The molecule has 2 aromatic carbocycles. The first-order valence-corrected chi connectivity index (χ1v) is 11.2. The number of hydrogen-bond acceptors (Lipinski definition) is 6. The van der Waals surface area contributed by atoms with Crippen LogP contribution in [0.2, 0.25) is 0 Å². The van der Waals surface area contributed by atoms with E-state index in [-0.39, 0.29) is 16.5 Å². The zero-order valence-electron chi connectivity index (χ0n) is 18.5. The van der Waals surface area contributed by atoms with Crippen LogP contribution in [0.1, 0.15) is 35.2 Å². The van der Waals surface area contributed by atoms with Crippen molar-refractivity contribution in [3.63, 3.8) is 0 Å². The summed E-state index contributed by atoms with van der Waals surface area (Å²) in [6.07, 6.45) is 2.95. The van der Waals surface area contributed by atoms with E-state index < -0.39 is 0 Å². The summed E-state index contributed by atoms with van der Waals surface area (Å²) in [7, 11) is 1.66. The molecule has 1 amide bonds. The molecule has 2 heterocycles. The molecule has 0 aliphatic carbocycles. The third-order valence-corrected chi connectivity index (χ3v) is 6.31. The van der Waals surface area contributed by atoms with E-state index in [0.29, 0.717) is 24.3 Å². The normalized spacial score (nSPS) is 17.3. The fourth-order valence-electron chi connectivity index (χ4n) is 4.53. The number of rotatable bonds is 6. The van der Waals surface area contributed by atoms with Crippen LogP contribution < -0.4 is 9.64 Å². The molecule has 2 fully saturated rings. The first-order valence-electron chi connectivity index (χ1n) is 11.2. The maximum absolute atomic E-state index is 13.2. The van der Waals surface area contributed by atoms with Gasteiger partial charge < -0.3 is 14.5 Å². The molecule has 0 spiro atoms. The summed E-state index contributed by atoms with van der Waals surface area (Å²) in [5.74, 6) is 0.707. The van der Waals surface area contributed by atoms with E-state index in [1.54, 1.807) is 19.2 Å². The van der Waals surface area contributed by atoms with Crippen LogP contribution in [0.15, 0.2) is 42.5 Å². The van der Waals surface area contributed by atoms with Crippen molar-refractivity contribution in [2.75, 3.05) is 51.3 Å². The van der Waals surface area contributed by atoms with Gasteiger partial charge in [0.25, 0.3) is 11.6 Å². The Morgan fingerprint density at radius 2 is 1.72 bits per heavy atom. The molecular formula is C24H30N4O4. The average molecular weight is 439 g/mol. The van der Waals surface area contributed by atoms with Crippen LogP contribution in [0.3, 0.4) is 0 Å². The smallest absolute Gasteiger partial charge is 0.293 e. The number of carbonyl (C=O) groups excluding carboxylic acids is 1. The molecule has 0 unspecified atom stereocenters. The van der Waals surface area contributed by atoms with Gasteiger partial charge in [-0.2, -0.15) is 0 Å². The van der Waals surface area contributed by atoms with Gasteiger partial charge in [0.15, 0.2) is 0 Å². The van der Waals surface area contributed by atoms with Gasteiger partial charge >= 0.3 is 0 Å². The van der Waals surface area contributed by atoms with E-state index >= 15 is 0 Å².